The van der Waals surface area contributed by atoms with Gasteiger partial charge in [0.05, 0.1) is 17.4 Å². The van der Waals surface area contributed by atoms with Crippen molar-refractivity contribution >= 4 is 29.3 Å². The van der Waals surface area contributed by atoms with E-state index in [1.54, 1.807) is 19.3 Å². The first-order valence-corrected chi connectivity index (χ1v) is 6.99. The van der Waals surface area contributed by atoms with Crippen molar-refractivity contribution in [2.45, 2.75) is 18.0 Å². The molecule has 102 valence electrons. The first kappa shape index (κ1) is 13.9. The second-order valence-electron chi connectivity index (χ2n) is 3.76. The van der Waals surface area contributed by atoms with Crippen molar-refractivity contribution in [1.29, 1.82) is 0 Å². The molecule has 0 aliphatic rings. The van der Waals surface area contributed by atoms with E-state index < -0.39 is 0 Å². The lowest BCUT2D eigenvalue weighted by molar-refractivity contribution is -0.124. The number of nitrogens with one attached hydrogen (secondary N) is 2. The Kier molecular flexibility index (Phi) is 4.80. The van der Waals surface area contributed by atoms with Crippen LogP contribution in [0.15, 0.2) is 23.6 Å². The molecule has 19 heavy (non-hydrogen) atoms. The molecule has 2 heterocycles. The van der Waals surface area contributed by atoms with Crippen LogP contribution in [0.4, 0.5) is 0 Å². The summed E-state index contributed by atoms with van der Waals surface area (Å²) in [5.41, 5.74) is 0. The average Bonchev–Trinajstić information content (AvgIpc) is 3.04. The predicted molar refractivity (Wildman–Crippen MR) is 72.1 cm³/mol. The van der Waals surface area contributed by atoms with E-state index in [-0.39, 0.29) is 11.9 Å². The molecular formula is C10H13ClN6OS. The van der Waals surface area contributed by atoms with Gasteiger partial charge in [-0.1, -0.05) is 11.6 Å². The maximum Gasteiger partial charge on any atom is 0.244 e. The predicted octanol–water partition coefficient (Wildman–Crippen LogP) is 1.12. The van der Waals surface area contributed by atoms with Crippen molar-refractivity contribution in [3.8, 4) is 0 Å². The Balaban J connectivity index is 1.72. The Morgan fingerprint density at radius 1 is 1.63 bits per heavy atom. The Bertz CT molecular complexity index is 528. The molecule has 0 saturated carbocycles. The number of nitrogens with zero attached hydrogens (tertiary/aromatic N) is 4. The topological polar surface area (TPSA) is 88.5 Å². The molecule has 2 aromatic heterocycles. The van der Waals surface area contributed by atoms with Crippen molar-refractivity contribution < 1.29 is 4.79 Å². The van der Waals surface area contributed by atoms with E-state index in [2.05, 4.69) is 25.8 Å². The lowest BCUT2D eigenvalue weighted by Crippen LogP contribution is -2.32. The number of hydrogen-bond donors (Lipinski definition) is 2. The molecule has 0 radical (unpaired) electrons. The molecule has 7 nitrogen and oxygen atoms in total. The second kappa shape index (κ2) is 6.58. The minimum absolute atomic E-state index is 0.0967. The highest BCUT2D eigenvalue weighted by molar-refractivity contribution is 7.99. The van der Waals surface area contributed by atoms with Gasteiger partial charge in [-0.3, -0.25) is 9.48 Å². The summed E-state index contributed by atoms with van der Waals surface area (Å²) in [5, 5.41) is 18.3. The molecule has 0 aliphatic heterocycles. The first-order valence-electron chi connectivity index (χ1n) is 5.63. The van der Waals surface area contributed by atoms with E-state index in [0.717, 1.165) is 10.8 Å². The Hall–Kier alpha value is -1.54. The van der Waals surface area contributed by atoms with Gasteiger partial charge in [-0.2, -0.15) is 15.4 Å². The molecule has 0 aliphatic carbocycles. The number of carbonyl (C=O) groups excluding carboxylic acids is 1. The summed E-state index contributed by atoms with van der Waals surface area (Å²) in [6, 6.07) is -0.385. The number of H-pyrrole nitrogens is 1. The van der Waals surface area contributed by atoms with Gasteiger partial charge in [-0.15, -0.1) is 16.9 Å². The van der Waals surface area contributed by atoms with Crippen LogP contribution in [0.3, 0.4) is 0 Å². The Morgan fingerprint density at radius 3 is 3.11 bits per heavy atom. The van der Waals surface area contributed by atoms with Gasteiger partial charge in [0, 0.05) is 18.5 Å². The van der Waals surface area contributed by atoms with Crippen LogP contribution in [0.2, 0.25) is 5.02 Å². The number of aromatic nitrogens is 5. The summed E-state index contributed by atoms with van der Waals surface area (Å²) < 4.78 is 1.53. The molecule has 1 amide bonds. The monoisotopic (exact) mass is 300 g/mol. The van der Waals surface area contributed by atoms with Crippen LogP contribution in [-0.4, -0.2) is 43.4 Å². The highest BCUT2D eigenvalue weighted by atomic mass is 35.5. The van der Waals surface area contributed by atoms with Crippen LogP contribution < -0.4 is 5.32 Å². The van der Waals surface area contributed by atoms with Crippen molar-refractivity contribution in [2.24, 2.45) is 0 Å². The maximum absolute atomic E-state index is 11.9. The molecule has 2 rings (SSSR count). The lowest BCUT2D eigenvalue weighted by Gasteiger charge is -2.12. The number of thioether (sulfide) groups is 1. The highest BCUT2D eigenvalue weighted by Crippen LogP contribution is 2.12. The Morgan fingerprint density at radius 2 is 2.47 bits per heavy atom. The minimum atomic E-state index is -0.385. The smallest absolute Gasteiger partial charge is 0.244 e. The number of rotatable bonds is 6. The van der Waals surface area contributed by atoms with E-state index in [1.165, 1.54) is 22.6 Å². The minimum Gasteiger partial charge on any atom is -0.353 e. The van der Waals surface area contributed by atoms with E-state index in [1.807, 2.05) is 0 Å². The van der Waals surface area contributed by atoms with Gasteiger partial charge in [0.15, 0.2) is 0 Å². The van der Waals surface area contributed by atoms with Crippen molar-refractivity contribution in [1.82, 2.24) is 30.5 Å². The number of aromatic amines is 1. The van der Waals surface area contributed by atoms with Crippen LogP contribution in [-0.2, 0) is 4.79 Å². The zero-order valence-corrected chi connectivity index (χ0v) is 11.8. The number of halogens is 1. The summed E-state index contributed by atoms with van der Waals surface area (Å²) in [4.78, 5) is 11.9. The molecule has 0 saturated heterocycles. The fourth-order valence-corrected chi connectivity index (χ4v) is 2.17. The van der Waals surface area contributed by atoms with Gasteiger partial charge in [0.25, 0.3) is 0 Å². The summed E-state index contributed by atoms with van der Waals surface area (Å²) >= 11 is 7.28. The van der Waals surface area contributed by atoms with Crippen molar-refractivity contribution in [3.63, 3.8) is 0 Å². The molecule has 9 heteroatoms. The molecule has 0 bridgehead atoms. The summed E-state index contributed by atoms with van der Waals surface area (Å²) in [6.07, 6.45) is 4.77. The summed E-state index contributed by atoms with van der Waals surface area (Å²) in [7, 11) is 0. The summed E-state index contributed by atoms with van der Waals surface area (Å²) in [6.45, 7) is 2.32. The third-order valence-electron chi connectivity index (χ3n) is 2.39. The van der Waals surface area contributed by atoms with Crippen molar-refractivity contribution in [2.75, 3.05) is 12.3 Å². The van der Waals surface area contributed by atoms with E-state index in [9.17, 15) is 4.79 Å². The maximum atomic E-state index is 11.9. The average molecular weight is 301 g/mol. The number of amides is 1. The van der Waals surface area contributed by atoms with Crippen LogP contribution in [0.25, 0.3) is 0 Å². The van der Waals surface area contributed by atoms with E-state index in [0.29, 0.717) is 11.6 Å². The molecule has 2 aromatic rings. The van der Waals surface area contributed by atoms with E-state index >= 15 is 0 Å². The van der Waals surface area contributed by atoms with Crippen LogP contribution in [0.5, 0.6) is 0 Å². The molecular weight excluding hydrogens is 288 g/mol. The van der Waals surface area contributed by atoms with Gasteiger partial charge in [0.1, 0.15) is 11.1 Å². The van der Waals surface area contributed by atoms with Gasteiger partial charge in [-0.25, -0.2) is 0 Å². The van der Waals surface area contributed by atoms with Gasteiger partial charge in [0.2, 0.25) is 5.91 Å². The lowest BCUT2D eigenvalue weighted by atomic mass is 10.3. The Labute approximate surface area is 119 Å². The fourth-order valence-electron chi connectivity index (χ4n) is 1.38. The molecule has 2 N–H and O–H groups in total. The van der Waals surface area contributed by atoms with Gasteiger partial charge in [-0.05, 0) is 6.92 Å². The molecule has 0 spiro atoms. The second-order valence-corrected chi connectivity index (χ2v) is 5.31. The zero-order valence-electron chi connectivity index (χ0n) is 10.2. The molecule has 0 fully saturated rings. The molecule has 0 unspecified atom stereocenters. The SMILES string of the molecule is C[C@@H](C(=O)NCCSc1cn[nH]n1)n1cc(Cl)cn1. The van der Waals surface area contributed by atoms with Gasteiger partial charge >= 0.3 is 0 Å². The number of hydrogen-bond acceptors (Lipinski definition) is 5. The van der Waals surface area contributed by atoms with Gasteiger partial charge < -0.3 is 5.32 Å². The number of carbonyl (C=O) groups is 1. The fraction of sp³-hybridized carbons (Fsp3) is 0.400. The van der Waals surface area contributed by atoms with Crippen LogP contribution >= 0.6 is 23.4 Å². The standard InChI is InChI=1S/C10H13ClN6OS/c1-7(17-6-8(11)4-14-17)10(18)12-2-3-19-9-5-13-16-15-9/h4-7H,2-3H2,1H3,(H,12,18)(H,13,15,16)/t7-/m0/s1. The van der Waals surface area contributed by atoms with Crippen LogP contribution in [0.1, 0.15) is 13.0 Å². The largest absolute Gasteiger partial charge is 0.353 e. The normalized spacial score (nSPS) is 12.3. The van der Waals surface area contributed by atoms with Crippen molar-refractivity contribution in [3.05, 3.63) is 23.6 Å². The summed E-state index contributed by atoms with van der Waals surface area (Å²) in [5.74, 6) is 0.630. The van der Waals surface area contributed by atoms with Crippen LogP contribution in [0, 0.1) is 0 Å². The quantitative estimate of drug-likeness (QED) is 0.616. The highest BCUT2D eigenvalue weighted by Gasteiger charge is 2.15. The zero-order chi connectivity index (χ0) is 13.7. The molecule has 0 aromatic carbocycles. The first-order chi connectivity index (χ1) is 9.16. The molecule has 1 atom stereocenters. The third kappa shape index (κ3) is 3.97. The van der Waals surface area contributed by atoms with E-state index in [4.69, 9.17) is 11.6 Å². The third-order valence-corrected chi connectivity index (χ3v) is 3.49.